The van der Waals surface area contributed by atoms with E-state index in [1.54, 1.807) is 0 Å². The van der Waals surface area contributed by atoms with Gasteiger partial charge in [-0.3, -0.25) is 0 Å². The Balaban J connectivity index is 2.51. The molecule has 2 aromatic rings. The molecule has 14 heavy (non-hydrogen) atoms. The van der Waals surface area contributed by atoms with E-state index in [4.69, 9.17) is 0 Å². The van der Waals surface area contributed by atoms with Crippen LogP contribution in [-0.4, -0.2) is 0 Å². The minimum atomic E-state index is 0.870. The van der Waals surface area contributed by atoms with Crippen LogP contribution < -0.4 is 0 Å². The molecule has 0 saturated heterocycles. The zero-order valence-electron chi connectivity index (χ0n) is 7.70. The third kappa shape index (κ3) is 1.88. The van der Waals surface area contributed by atoms with Gasteiger partial charge in [-0.2, -0.15) is 0 Å². The van der Waals surface area contributed by atoms with Crippen molar-refractivity contribution in [3.8, 4) is 11.1 Å². The Morgan fingerprint density at radius 2 is 1.86 bits per heavy atom. The van der Waals surface area contributed by atoms with Crippen molar-refractivity contribution in [1.82, 2.24) is 0 Å². The third-order valence-electron chi connectivity index (χ3n) is 2.18. The van der Waals surface area contributed by atoms with E-state index in [0.717, 1.165) is 5.33 Å². The van der Waals surface area contributed by atoms with E-state index in [0.29, 0.717) is 0 Å². The lowest BCUT2D eigenvalue weighted by Crippen LogP contribution is -1.84. The SMILES string of the molecule is BrCc1c[c]ccc1-c1ccccc1. The monoisotopic (exact) mass is 245 g/mol. The van der Waals surface area contributed by atoms with Crippen molar-refractivity contribution in [3.63, 3.8) is 0 Å². The van der Waals surface area contributed by atoms with Crippen LogP contribution in [0.5, 0.6) is 0 Å². The molecule has 2 aromatic carbocycles. The summed E-state index contributed by atoms with van der Waals surface area (Å²) in [6.07, 6.45) is 0. The Bertz CT molecular complexity index is 407. The Hall–Kier alpha value is -1.08. The van der Waals surface area contributed by atoms with E-state index in [2.05, 4.69) is 52.3 Å². The van der Waals surface area contributed by atoms with Crippen molar-refractivity contribution in [2.24, 2.45) is 0 Å². The zero-order valence-corrected chi connectivity index (χ0v) is 9.29. The van der Waals surface area contributed by atoms with Gasteiger partial charge in [0.05, 0.1) is 0 Å². The van der Waals surface area contributed by atoms with Crippen LogP contribution >= 0.6 is 15.9 Å². The predicted molar refractivity (Wildman–Crippen MR) is 63.3 cm³/mol. The summed E-state index contributed by atoms with van der Waals surface area (Å²) in [4.78, 5) is 0. The molecule has 0 unspecified atom stereocenters. The summed E-state index contributed by atoms with van der Waals surface area (Å²) in [5.74, 6) is 0. The molecule has 1 heteroatoms. The minimum Gasteiger partial charge on any atom is -0.0876 e. The molecular weight excluding hydrogens is 236 g/mol. The minimum absolute atomic E-state index is 0.870. The highest BCUT2D eigenvalue weighted by Crippen LogP contribution is 2.24. The summed E-state index contributed by atoms with van der Waals surface area (Å²) >= 11 is 3.49. The van der Waals surface area contributed by atoms with Crippen molar-refractivity contribution in [1.29, 1.82) is 0 Å². The van der Waals surface area contributed by atoms with Crippen LogP contribution in [0, 0.1) is 6.07 Å². The zero-order chi connectivity index (χ0) is 9.80. The van der Waals surface area contributed by atoms with E-state index < -0.39 is 0 Å². The topological polar surface area (TPSA) is 0 Å². The lowest BCUT2D eigenvalue weighted by Gasteiger charge is -2.06. The molecule has 0 aliphatic rings. The lowest BCUT2D eigenvalue weighted by molar-refractivity contribution is 1.42. The number of alkyl halides is 1. The maximum Gasteiger partial charge on any atom is 0.0289 e. The van der Waals surface area contributed by atoms with E-state index >= 15 is 0 Å². The van der Waals surface area contributed by atoms with Gasteiger partial charge in [-0.15, -0.1) is 0 Å². The van der Waals surface area contributed by atoms with Crippen molar-refractivity contribution >= 4 is 15.9 Å². The van der Waals surface area contributed by atoms with E-state index in [1.807, 2.05) is 18.2 Å². The van der Waals surface area contributed by atoms with Crippen molar-refractivity contribution < 1.29 is 0 Å². The quantitative estimate of drug-likeness (QED) is 0.701. The molecule has 0 amide bonds. The van der Waals surface area contributed by atoms with Gasteiger partial charge in [0.25, 0.3) is 0 Å². The van der Waals surface area contributed by atoms with Crippen LogP contribution in [0.15, 0.2) is 48.5 Å². The van der Waals surface area contributed by atoms with Gasteiger partial charge < -0.3 is 0 Å². The first-order chi connectivity index (χ1) is 6.92. The van der Waals surface area contributed by atoms with Crippen LogP contribution in [0.4, 0.5) is 0 Å². The van der Waals surface area contributed by atoms with Crippen LogP contribution in [-0.2, 0) is 5.33 Å². The third-order valence-corrected chi connectivity index (χ3v) is 2.78. The van der Waals surface area contributed by atoms with Gasteiger partial charge in [0.2, 0.25) is 0 Å². The van der Waals surface area contributed by atoms with Gasteiger partial charge in [0.1, 0.15) is 0 Å². The number of rotatable bonds is 2. The first-order valence-electron chi connectivity index (χ1n) is 4.52. The molecule has 0 heterocycles. The van der Waals surface area contributed by atoms with Crippen molar-refractivity contribution in [2.45, 2.75) is 5.33 Å². The summed E-state index contributed by atoms with van der Waals surface area (Å²) in [6, 6.07) is 19.6. The lowest BCUT2D eigenvalue weighted by atomic mass is 10.0. The molecule has 2 rings (SSSR count). The van der Waals surface area contributed by atoms with Gasteiger partial charge in [-0.25, -0.2) is 0 Å². The van der Waals surface area contributed by atoms with Gasteiger partial charge in [0, 0.05) is 5.33 Å². The Morgan fingerprint density at radius 3 is 2.57 bits per heavy atom. The summed E-state index contributed by atoms with van der Waals surface area (Å²) in [6.45, 7) is 0. The number of hydrogen-bond acceptors (Lipinski definition) is 0. The number of halogens is 1. The smallest absolute Gasteiger partial charge is 0.0289 e. The normalized spacial score (nSPS) is 10.1. The van der Waals surface area contributed by atoms with Crippen LogP contribution in [0.25, 0.3) is 11.1 Å². The Kier molecular flexibility index (Phi) is 3.00. The van der Waals surface area contributed by atoms with Gasteiger partial charge >= 0.3 is 0 Å². The molecule has 0 atom stereocenters. The molecule has 0 nitrogen and oxygen atoms in total. The molecular formula is C13H10Br. The van der Waals surface area contributed by atoms with E-state index in [1.165, 1.54) is 16.7 Å². The second kappa shape index (κ2) is 4.43. The molecule has 0 aliphatic heterocycles. The first kappa shape index (κ1) is 9.47. The molecule has 0 aromatic heterocycles. The van der Waals surface area contributed by atoms with Gasteiger partial charge in [-0.1, -0.05) is 58.4 Å². The first-order valence-corrected chi connectivity index (χ1v) is 5.64. The highest BCUT2D eigenvalue weighted by Gasteiger charge is 2.01. The summed E-state index contributed by atoms with van der Waals surface area (Å²) < 4.78 is 0. The molecule has 1 radical (unpaired) electrons. The standard InChI is InChI=1S/C13H10Br/c14-10-12-8-4-5-9-13(12)11-6-2-1-3-7-11/h1-3,5-9H,10H2. The number of benzene rings is 2. The molecule has 0 saturated carbocycles. The second-order valence-corrected chi connectivity index (χ2v) is 3.64. The highest BCUT2D eigenvalue weighted by atomic mass is 79.9. The fraction of sp³-hybridized carbons (Fsp3) is 0.0769. The predicted octanol–water partition coefficient (Wildman–Crippen LogP) is 4.05. The molecule has 0 spiro atoms. The van der Waals surface area contributed by atoms with Gasteiger partial charge in [-0.05, 0) is 28.8 Å². The molecule has 0 bridgehead atoms. The van der Waals surface area contributed by atoms with Crippen molar-refractivity contribution in [2.75, 3.05) is 0 Å². The molecule has 0 fully saturated rings. The molecule has 0 aliphatic carbocycles. The Labute approximate surface area is 92.7 Å². The fourth-order valence-corrected chi connectivity index (χ4v) is 1.94. The van der Waals surface area contributed by atoms with E-state index in [9.17, 15) is 0 Å². The van der Waals surface area contributed by atoms with Crippen LogP contribution in [0.3, 0.4) is 0 Å². The van der Waals surface area contributed by atoms with Crippen LogP contribution in [0.2, 0.25) is 0 Å². The summed E-state index contributed by atoms with van der Waals surface area (Å²) in [5, 5.41) is 0.870. The molecule has 0 N–H and O–H groups in total. The summed E-state index contributed by atoms with van der Waals surface area (Å²) in [5.41, 5.74) is 3.82. The molecule has 69 valence electrons. The van der Waals surface area contributed by atoms with Gasteiger partial charge in [0.15, 0.2) is 0 Å². The maximum absolute atomic E-state index is 3.49. The second-order valence-electron chi connectivity index (χ2n) is 3.08. The number of hydrogen-bond donors (Lipinski definition) is 0. The van der Waals surface area contributed by atoms with Crippen LogP contribution in [0.1, 0.15) is 5.56 Å². The maximum atomic E-state index is 3.49. The Morgan fingerprint density at radius 1 is 1.07 bits per heavy atom. The average molecular weight is 246 g/mol. The van der Waals surface area contributed by atoms with Crippen molar-refractivity contribution in [3.05, 3.63) is 60.2 Å². The van der Waals surface area contributed by atoms with E-state index in [-0.39, 0.29) is 0 Å². The highest BCUT2D eigenvalue weighted by molar-refractivity contribution is 9.08. The largest absolute Gasteiger partial charge is 0.0876 e. The summed E-state index contributed by atoms with van der Waals surface area (Å²) in [7, 11) is 0. The average Bonchev–Trinajstić information content (AvgIpc) is 2.30. The fourth-order valence-electron chi connectivity index (χ4n) is 1.47.